The summed E-state index contributed by atoms with van der Waals surface area (Å²) >= 11 is 0. The van der Waals surface area contributed by atoms with E-state index in [4.69, 9.17) is 0 Å². The van der Waals surface area contributed by atoms with Crippen LogP contribution in [0.15, 0.2) is 42.6 Å². The van der Waals surface area contributed by atoms with Crippen molar-refractivity contribution in [1.29, 1.82) is 0 Å². The smallest absolute Gasteiger partial charge is 0.282 e. The first-order chi connectivity index (χ1) is 13.1. The lowest BCUT2D eigenvalue weighted by atomic mass is 10.0. The van der Waals surface area contributed by atoms with Gasteiger partial charge in [0.05, 0.1) is 17.2 Å². The van der Waals surface area contributed by atoms with Gasteiger partial charge in [0.15, 0.2) is 0 Å². The van der Waals surface area contributed by atoms with E-state index in [9.17, 15) is 19.3 Å². The van der Waals surface area contributed by atoms with Crippen molar-refractivity contribution in [1.82, 2.24) is 15.2 Å². The zero-order chi connectivity index (χ0) is 19.2. The number of hydrogen-bond acceptors (Lipinski definition) is 5. The van der Waals surface area contributed by atoms with Crippen LogP contribution < -0.4 is 5.32 Å². The van der Waals surface area contributed by atoms with Gasteiger partial charge in [0.25, 0.3) is 11.6 Å². The van der Waals surface area contributed by atoms with Crippen LogP contribution in [0.2, 0.25) is 0 Å². The van der Waals surface area contributed by atoms with E-state index in [0.29, 0.717) is 5.69 Å². The Kier molecular flexibility index (Phi) is 7.83. The average Bonchev–Trinajstić information content (AvgIpc) is 2.95. The monoisotopic (exact) mass is 408 g/mol. The fourth-order valence-corrected chi connectivity index (χ4v) is 3.34. The molecular formula is C19H22ClFN4O3. The van der Waals surface area contributed by atoms with Crippen LogP contribution >= 0.6 is 12.4 Å². The van der Waals surface area contributed by atoms with Crippen molar-refractivity contribution < 1.29 is 14.1 Å². The van der Waals surface area contributed by atoms with Crippen LogP contribution in [0.5, 0.6) is 0 Å². The van der Waals surface area contributed by atoms with Gasteiger partial charge in [0.2, 0.25) is 0 Å². The molecule has 0 aliphatic carbocycles. The molecule has 1 aliphatic heterocycles. The lowest BCUT2D eigenvalue weighted by molar-refractivity contribution is -0.385. The minimum absolute atomic E-state index is 0. The summed E-state index contributed by atoms with van der Waals surface area (Å²) in [5.74, 6) is -1.22. The van der Waals surface area contributed by atoms with Crippen LogP contribution in [-0.2, 0) is 6.54 Å². The molecule has 2 aromatic rings. The maximum absolute atomic E-state index is 13.8. The van der Waals surface area contributed by atoms with E-state index in [0.717, 1.165) is 50.6 Å². The Hall–Kier alpha value is -2.58. The maximum Gasteiger partial charge on any atom is 0.282 e. The number of carbonyl (C=O) groups excluding carboxylic acids is 1. The SMILES string of the molecule is Cl.O=C(c1cc(F)ccc1[N+](=O)[O-])N(Cc1ccccn1)C1CCCNCC1. The molecule has 0 saturated carbocycles. The Morgan fingerprint density at radius 3 is 2.82 bits per heavy atom. The summed E-state index contributed by atoms with van der Waals surface area (Å²) in [6.45, 7) is 1.84. The third-order valence-corrected chi connectivity index (χ3v) is 4.69. The van der Waals surface area contributed by atoms with Crippen molar-refractivity contribution in [2.75, 3.05) is 13.1 Å². The zero-order valence-corrected chi connectivity index (χ0v) is 16.0. The second-order valence-corrected chi connectivity index (χ2v) is 6.51. The highest BCUT2D eigenvalue weighted by atomic mass is 35.5. The third kappa shape index (κ3) is 5.24. The number of benzene rings is 1. The Balaban J connectivity index is 0.00000280. The minimum Gasteiger partial charge on any atom is -0.329 e. The predicted molar refractivity (Wildman–Crippen MR) is 105 cm³/mol. The molecule has 3 rings (SSSR count). The standard InChI is InChI=1S/C19H21FN4O3.ClH/c20-14-6-7-18(24(26)27)17(12-14)19(25)23(13-15-4-1-2-10-22-15)16-5-3-9-21-11-8-16;/h1-2,4,6-7,10,12,16,21H,3,5,8-9,11,13H2;1H. The molecule has 9 heteroatoms. The highest BCUT2D eigenvalue weighted by molar-refractivity contribution is 5.98. The molecule has 0 radical (unpaired) electrons. The quantitative estimate of drug-likeness (QED) is 0.605. The number of aromatic nitrogens is 1. The maximum atomic E-state index is 13.8. The van der Waals surface area contributed by atoms with E-state index in [1.807, 2.05) is 6.07 Å². The van der Waals surface area contributed by atoms with Crippen LogP contribution in [0.25, 0.3) is 0 Å². The third-order valence-electron chi connectivity index (χ3n) is 4.69. The summed E-state index contributed by atoms with van der Waals surface area (Å²) < 4.78 is 13.8. The highest BCUT2D eigenvalue weighted by Gasteiger charge is 2.30. The molecule has 1 N–H and O–H groups in total. The Bertz CT molecular complexity index is 814. The number of nitro benzene ring substituents is 1. The summed E-state index contributed by atoms with van der Waals surface area (Å²) in [4.78, 5) is 29.8. The van der Waals surface area contributed by atoms with Gasteiger partial charge in [-0.15, -0.1) is 12.4 Å². The summed E-state index contributed by atoms with van der Waals surface area (Å²) in [5.41, 5.74) is 0.0643. The molecule has 7 nitrogen and oxygen atoms in total. The van der Waals surface area contributed by atoms with Crippen molar-refractivity contribution in [3.63, 3.8) is 0 Å². The molecule has 1 unspecified atom stereocenters. The number of halogens is 2. The Morgan fingerprint density at radius 2 is 2.11 bits per heavy atom. The molecule has 1 aromatic heterocycles. The molecule has 1 aromatic carbocycles. The normalized spacial score (nSPS) is 16.5. The summed E-state index contributed by atoms with van der Waals surface area (Å²) in [7, 11) is 0. The molecule has 1 amide bonds. The molecule has 1 saturated heterocycles. The van der Waals surface area contributed by atoms with E-state index in [2.05, 4.69) is 10.3 Å². The topological polar surface area (TPSA) is 88.4 Å². The van der Waals surface area contributed by atoms with E-state index < -0.39 is 16.6 Å². The van der Waals surface area contributed by atoms with Gasteiger partial charge in [-0.05, 0) is 56.6 Å². The van der Waals surface area contributed by atoms with Crippen LogP contribution in [0.4, 0.5) is 10.1 Å². The van der Waals surface area contributed by atoms with Crippen molar-refractivity contribution in [2.24, 2.45) is 0 Å². The Morgan fingerprint density at radius 1 is 1.29 bits per heavy atom. The van der Waals surface area contributed by atoms with Crippen molar-refractivity contribution in [2.45, 2.75) is 31.8 Å². The molecule has 1 aliphatic rings. The fourth-order valence-electron chi connectivity index (χ4n) is 3.34. The first kappa shape index (κ1) is 21.7. The lowest BCUT2D eigenvalue weighted by Gasteiger charge is -2.31. The molecule has 2 heterocycles. The first-order valence-corrected chi connectivity index (χ1v) is 8.92. The van der Waals surface area contributed by atoms with Crippen LogP contribution in [0.3, 0.4) is 0 Å². The molecule has 0 spiro atoms. The van der Waals surface area contributed by atoms with Gasteiger partial charge in [-0.1, -0.05) is 6.07 Å². The van der Waals surface area contributed by atoms with Gasteiger partial charge in [0.1, 0.15) is 11.4 Å². The van der Waals surface area contributed by atoms with Gasteiger partial charge in [-0.2, -0.15) is 0 Å². The largest absolute Gasteiger partial charge is 0.329 e. The number of nitrogens with zero attached hydrogens (tertiary/aromatic N) is 3. The van der Waals surface area contributed by atoms with Crippen molar-refractivity contribution in [3.8, 4) is 0 Å². The fraction of sp³-hybridized carbons (Fsp3) is 0.368. The highest BCUT2D eigenvalue weighted by Crippen LogP contribution is 2.25. The Labute approximate surface area is 168 Å². The number of nitrogens with one attached hydrogen (secondary N) is 1. The van der Waals surface area contributed by atoms with Crippen LogP contribution in [0.1, 0.15) is 35.3 Å². The molecule has 1 atom stereocenters. The van der Waals surface area contributed by atoms with E-state index in [1.54, 1.807) is 23.2 Å². The molecule has 1 fully saturated rings. The van der Waals surface area contributed by atoms with Crippen molar-refractivity contribution >= 4 is 24.0 Å². The molecular weight excluding hydrogens is 387 g/mol. The molecule has 150 valence electrons. The summed E-state index contributed by atoms with van der Waals surface area (Å²) in [6, 6.07) is 8.28. The molecule has 28 heavy (non-hydrogen) atoms. The van der Waals surface area contributed by atoms with Crippen LogP contribution in [-0.4, -0.2) is 39.8 Å². The number of pyridine rings is 1. The van der Waals surface area contributed by atoms with Crippen LogP contribution in [0, 0.1) is 15.9 Å². The summed E-state index contributed by atoms with van der Waals surface area (Å²) in [5, 5.41) is 14.6. The number of hydrogen-bond donors (Lipinski definition) is 1. The lowest BCUT2D eigenvalue weighted by Crippen LogP contribution is -2.40. The van der Waals surface area contributed by atoms with Gasteiger partial charge in [-0.3, -0.25) is 19.9 Å². The minimum atomic E-state index is -0.677. The first-order valence-electron chi connectivity index (χ1n) is 8.92. The second-order valence-electron chi connectivity index (χ2n) is 6.51. The van der Waals surface area contributed by atoms with Gasteiger partial charge in [0, 0.05) is 18.3 Å². The van der Waals surface area contributed by atoms with Crippen molar-refractivity contribution in [3.05, 3.63) is 69.8 Å². The number of amides is 1. The molecule has 0 bridgehead atoms. The summed E-state index contributed by atoms with van der Waals surface area (Å²) in [6.07, 6.45) is 4.02. The zero-order valence-electron chi connectivity index (χ0n) is 15.2. The van der Waals surface area contributed by atoms with E-state index >= 15 is 0 Å². The number of carbonyl (C=O) groups is 1. The van der Waals surface area contributed by atoms with Gasteiger partial charge >= 0.3 is 0 Å². The van der Waals surface area contributed by atoms with E-state index in [-0.39, 0.29) is 36.2 Å². The number of rotatable bonds is 5. The predicted octanol–water partition coefficient (Wildman–Crippen LogP) is 3.34. The average molecular weight is 409 g/mol. The van der Waals surface area contributed by atoms with E-state index in [1.165, 1.54) is 0 Å². The van der Waals surface area contributed by atoms with Gasteiger partial charge in [-0.25, -0.2) is 4.39 Å². The van der Waals surface area contributed by atoms with Gasteiger partial charge < -0.3 is 10.2 Å². The second kappa shape index (κ2) is 10.1. The number of nitro groups is 1.